The quantitative estimate of drug-likeness (QED) is 0.0213. The maximum atomic E-state index is 13.4. The first-order valence-corrected chi connectivity index (χ1v) is 27.1. The molecule has 3 unspecified atom stereocenters. The van der Waals surface area contributed by atoms with Crippen molar-refractivity contribution in [2.24, 2.45) is 0 Å². The molecule has 0 aromatic carbocycles. The molecule has 0 fully saturated rings. The van der Waals surface area contributed by atoms with Gasteiger partial charge in [-0.2, -0.15) is 0 Å². The predicted octanol–water partition coefficient (Wildman–Crippen LogP) is 14.0. The number of hydrogen-bond donors (Lipinski definition) is 1. The number of quaternary nitrogens is 1. The third kappa shape index (κ3) is 43.5. The Balaban J connectivity index is 5.42. The van der Waals surface area contributed by atoms with Crippen molar-refractivity contribution in [3.63, 3.8) is 0 Å². The van der Waals surface area contributed by atoms with Crippen LogP contribution in [0.5, 0.6) is 0 Å². The van der Waals surface area contributed by atoms with E-state index in [-0.39, 0.29) is 31.5 Å². The number of amides is 1. The molecule has 0 aromatic rings. The summed E-state index contributed by atoms with van der Waals surface area (Å²) in [5.41, 5.74) is 0. The number of rotatable bonds is 46. The van der Waals surface area contributed by atoms with Gasteiger partial charge >= 0.3 is 5.97 Å². The molecule has 0 aliphatic heterocycles. The molecule has 0 heterocycles. The number of unbranched alkanes of at least 4 members (excludes halogenated alkanes) is 28. The average molecular weight is 883 g/mol. The first-order valence-electron chi connectivity index (χ1n) is 25.6. The second-order valence-corrected chi connectivity index (χ2v) is 20.1. The lowest BCUT2D eigenvalue weighted by Crippen LogP contribution is -2.47. The number of allylic oxidation sites excluding steroid dienone is 3. The van der Waals surface area contributed by atoms with Crippen molar-refractivity contribution >= 4 is 19.7 Å². The van der Waals surface area contributed by atoms with Gasteiger partial charge in [-0.3, -0.25) is 14.2 Å². The smallest absolute Gasteiger partial charge is 0.306 e. The molecule has 1 amide bonds. The Morgan fingerprint density at radius 2 is 0.967 bits per heavy atom. The van der Waals surface area contributed by atoms with E-state index in [0.717, 1.165) is 83.5 Å². The highest BCUT2D eigenvalue weighted by Gasteiger charge is 2.27. The Hall–Kier alpha value is -1.51. The van der Waals surface area contributed by atoms with Crippen molar-refractivity contribution in [3.8, 4) is 0 Å². The summed E-state index contributed by atoms with van der Waals surface area (Å²) in [6, 6.07) is -0.883. The van der Waals surface area contributed by atoms with E-state index in [9.17, 15) is 19.0 Å². The molecule has 0 bridgehead atoms. The highest BCUT2D eigenvalue weighted by Crippen LogP contribution is 2.38. The standard InChI is InChI=1S/C51H99N2O7P/c1-7-10-13-16-19-22-25-26-29-32-35-38-41-44-51(55)60-49(42-39-36-33-30-27-23-20-17-14-11-8-2)48(47-59-61(56,57)58-46-45-53(4,5)6)52-50(54)43-40-37-34-31-28-24-21-18-15-12-9-3/h18,21,39,42,48-49H,7-17,19-20,22-38,40-41,43-47H2,1-6H3,(H-,52,54,56,57)/b21-18-,42-39+. The first-order chi connectivity index (χ1) is 29.4. The number of carbonyl (C=O) groups excluding carboxylic acids is 2. The van der Waals surface area contributed by atoms with Crippen LogP contribution in [-0.4, -0.2) is 69.4 Å². The fraction of sp³-hybridized carbons (Fsp3) is 0.882. The first kappa shape index (κ1) is 59.5. The molecule has 0 saturated heterocycles. The molecule has 10 heteroatoms. The maximum Gasteiger partial charge on any atom is 0.306 e. The van der Waals surface area contributed by atoms with Gasteiger partial charge in [0.25, 0.3) is 7.82 Å². The minimum absolute atomic E-state index is 0.0212. The van der Waals surface area contributed by atoms with E-state index < -0.39 is 20.0 Å². The fourth-order valence-corrected chi connectivity index (χ4v) is 8.05. The molecule has 360 valence electrons. The van der Waals surface area contributed by atoms with Crippen LogP contribution < -0.4 is 10.2 Å². The number of hydrogen-bond acceptors (Lipinski definition) is 7. The summed E-state index contributed by atoms with van der Waals surface area (Å²) in [4.78, 5) is 39.5. The third-order valence-electron chi connectivity index (χ3n) is 11.4. The van der Waals surface area contributed by atoms with Gasteiger partial charge in [0.05, 0.1) is 33.8 Å². The van der Waals surface area contributed by atoms with Gasteiger partial charge in [-0.25, -0.2) is 0 Å². The van der Waals surface area contributed by atoms with Gasteiger partial charge in [0.15, 0.2) is 0 Å². The van der Waals surface area contributed by atoms with Gasteiger partial charge in [0.1, 0.15) is 19.3 Å². The maximum absolute atomic E-state index is 13.4. The number of likely N-dealkylation sites (N-methyl/N-ethyl adjacent to an activating group) is 1. The lowest BCUT2D eigenvalue weighted by Gasteiger charge is -2.30. The Bertz CT molecular complexity index is 1110. The van der Waals surface area contributed by atoms with E-state index in [1.165, 1.54) is 122 Å². The summed E-state index contributed by atoms with van der Waals surface area (Å²) in [5.74, 6) is -0.547. The molecular formula is C51H99N2O7P. The number of phosphoric ester groups is 1. The van der Waals surface area contributed by atoms with Crippen LogP contribution in [0.25, 0.3) is 0 Å². The van der Waals surface area contributed by atoms with Crippen LogP contribution in [0.2, 0.25) is 0 Å². The minimum atomic E-state index is -4.68. The van der Waals surface area contributed by atoms with E-state index in [1.54, 1.807) is 0 Å². The zero-order chi connectivity index (χ0) is 45.1. The number of ether oxygens (including phenoxy) is 1. The van der Waals surface area contributed by atoms with Crippen LogP contribution in [0.15, 0.2) is 24.3 Å². The number of esters is 1. The van der Waals surface area contributed by atoms with Crippen LogP contribution >= 0.6 is 7.82 Å². The fourth-order valence-electron chi connectivity index (χ4n) is 7.33. The molecule has 0 aromatic heterocycles. The molecule has 0 radical (unpaired) electrons. The molecule has 0 saturated carbocycles. The molecule has 0 aliphatic rings. The second kappa shape index (κ2) is 42.4. The normalized spacial score (nSPS) is 14.1. The predicted molar refractivity (Wildman–Crippen MR) is 257 cm³/mol. The summed E-state index contributed by atoms with van der Waals surface area (Å²) in [6.45, 7) is 6.78. The van der Waals surface area contributed by atoms with Crippen LogP contribution in [-0.2, 0) is 27.9 Å². The highest BCUT2D eigenvalue weighted by molar-refractivity contribution is 7.45. The molecule has 61 heavy (non-hydrogen) atoms. The largest absolute Gasteiger partial charge is 0.756 e. The lowest BCUT2D eigenvalue weighted by atomic mass is 10.0. The highest BCUT2D eigenvalue weighted by atomic mass is 31.2. The van der Waals surface area contributed by atoms with Crippen LogP contribution in [0, 0.1) is 0 Å². The van der Waals surface area contributed by atoms with Crippen molar-refractivity contribution in [1.29, 1.82) is 0 Å². The van der Waals surface area contributed by atoms with E-state index in [4.69, 9.17) is 13.8 Å². The SMILES string of the molecule is CCCC/C=C\CCCCCCCC(=O)NC(COP(=O)([O-])OCC[N+](C)(C)C)C(/C=C/CCCCCCCCCCC)OC(=O)CCCCCCCCCCCCCCC. The van der Waals surface area contributed by atoms with E-state index in [2.05, 4.69) is 38.2 Å². The summed E-state index contributed by atoms with van der Waals surface area (Å²) in [6.07, 6.45) is 45.7. The van der Waals surface area contributed by atoms with E-state index >= 15 is 0 Å². The Morgan fingerprint density at radius 1 is 0.557 bits per heavy atom. The van der Waals surface area contributed by atoms with Gasteiger partial charge in [0, 0.05) is 12.8 Å². The van der Waals surface area contributed by atoms with Gasteiger partial charge in [-0.05, 0) is 51.0 Å². The van der Waals surface area contributed by atoms with Crippen molar-refractivity contribution in [3.05, 3.63) is 24.3 Å². The zero-order valence-electron chi connectivity index (χ0n) is 40.9. The lowest BCUT2D eigenvalue weighted by molar-refractivity contribution is -0.870. The van der Waals surface area contributed by atoms with Gasteiger partial charge in [-0.15, -0.1) is 0 Å². The molecule has 0 aliphatic carbocycles. The zero-order valence-corrected chi connectivity index (χ0v) is 41.8. The topological polar surface area (TPSA) is 114 Å². The Morgan fingerprint density at radius 3 is 1.44 bits per heavy atom. The summed E-state index contributed by atoms with van der Waals surface area (Å²) in [7, 11) is 1.19. The average Bonchev–Trinajstić information content (AvgIpc) is 3.21. The second-order valence-electron chi connectivity index (χ2n) is 18.7. The molecular weight excluding hydrogens is 784 g/mol. The summed E-state index contributed by atoms with van der Waals surface area (Å²) >= 11 is 0. The van der Waals surface area contributed by atoms with Gasteiger partial charge in [0.2, 0.25) is 5.91 Å². The number of nitrogens with one attached hydrogen (secondary N) is 1. The Labute approximate surface area is 377 Å². The number of carbonyl (C=O) groups is 2. The minimum Gasteiger partial charge on any atom is -0.756 e. The van der Waals surface area contributed by atoms with Gasteiger partial charge < -0.3 is 28.5 Å². The third-order valence-corrected chi connectivity index (χ3v) is 12.3. The number of nitrogens with zero attached hydrogens (tertiary/aromatic N) is 1. The van der Waals surface area contributed by atoms with Crippen LogP contribution in [0.4, 0.5) is 0 Å². The molecule has 9 nitrogen and oxygen atoms in total. The van der Waals surface area contributed by atoms with Crippen LogP contribution in [0.1, 0.15) is 239 Å². The van der Waals surface area contributed by atoms with Gasteiger partial charge in [-0.1, -0.05) is 200 Å². The molecule has 3 atom stereocenters. The van der Waals surface area contributed by atoms with Crippen molar-refractivity contribution in [2.45, 2.75) is 251 Å². The van der Waals surface area contributed by atoms with Crippen LogP contribution in [0.3, 0.4) is 0 Å². The van der Waals surface area contributed by atoms with Crippen molar-refractivity contribution in [2.75, 3.05) is 40.9 Å². The van der Waals surface area contributed by atoms with E-state index in [0.29, 0.717) is 17.4 Å². The van der Waals surface area contributed by atoms with Crippen molar-refractivity contribution in [1.82, 2.24) is 5.32 Å². The van der Waals surface area contributed by atoms with Crippen molar-refractivity contribution < 1.29 is 37.3 Å². The molecule has 1 N–H and O–H groups in total. The summed E-state index contributed by atoms with van der Waals surface area (Å²) < 4.78 is 30.1. The summed E-state index contributed by atoms with van der Waals surface area (Å²) in [5, 5.41) is 3.00. The number of phosphoric acid groups is 1. The van der Waals surface area contributed by atoms with E-state index in [1.807, 2.05) is 33.3 Å². The Kier molecular flexibility index (Phi) is 41.4. The molecule has 0 spiro atoms. The monoisotopic (exact) mass is 883 g/mol. The molecule has 0 rings (SSSR count).